The van der Waals surface area contributed by atoms with Gasteiger partial charge in [0.05, 0.1) is 12.7 Å². The fourth-order valence-electron chi connectivity index (χ4n) is 1.57. The molecular weight excluding hydrogens is 212 g/mol. The van der Waals surface area contributed by atoms with Crippen LogP contribution in [0, 0.1) is 6.92 Å². The van der Waals surface area contributed by atoms with Crippen LogP contribution < -0.4 is 0 Å². The van der Waals surface area contributed by atoms with Gasteiger partial charge in [-0.15, -0.1) is 5.10 Å². The van der Waals surface area contributed by atoms with Crippen molar-refractivity contribution in [1.82, 2.24) is 19.9 Å². The Morgan fingerprint density at radius 2 is 1.88 bits per heavy atom. The number of hydrogen-bond donors (Lipinski definition) is 0. The first-order valence-corrected chi connectivity index (χ1v) is 5.77. The number of aryl methyl sites for hydroxylation is 1. The highest BCUT2D eigenvalue weighted by molar-refractivity contribution is 5.57. The lowest BCUT2D eigenvalue weighted by atomic mass is 10.1. The van der Waals surface area contributed by atoms with Crippen molar-refractivity contribution < 1.29 is 0 Å². The predicted octanol–water partition coefficient (Wildman–Crippen LogP) is 1.82. The van der Waals surface area contributed by atoms with E-state index in [4.69, 9.17) is 0 Å². The van der Waals surface area contributed by atoms with Gasteiger partial charge in [0.15, 0.2) is 0 Å². The largest absolute Gasteiger partial charge is 0.308 e. The van der Waals surface area contributed by atoms with E-state index >= 15 is 0 Å². The molecule has 0 amide bonds. The second-order valence-corrected chi connectivity index (χ2v) is 4.54. The van der Waals surface area contributed by atoms with Gasteiger partial charge in [0.25, 0.3) is 0 Å². The van der Waals surface area contributed by atoms with Gasteiger partial charge in [-0.1, -0.05) is 35.0 Å². The minimum absolute atomic E-state index is 0.867. The van der Waals surface area contributed by atoms with Crippen molar-refractivity contribution in [2.75, 3.05) is 20.6 Å². The Labute approximate surface area is 102 Å². The van der Waals surface area contributed by atoms with Crippen LogP contribution in [-0.4, -0.2) is 40.5 Å². The van der Waals surface area contributed by atoms with Crippen LogP contribution in [0.1, 0.15) is 5.56 Å². The van der Waals surface area contributed by atoms with Crippen LogP contribution in [0.5, 0.6) is 0 Å². The molecule has 0 saturated heterocycles. The fourth-order valence-corrected chi connectivity index (χ4v) is 1.57. The highest BCUT2D eigenvalue weighted by atomic mass is 15.4. The first-order chi connectivity index (χ1) is 8.15. The molecule has 0 N–H and O–H groups in total. The van der Waals surface area contributed by atoms with Crippen LogP contribution in [0.25, 0.3) is 11.3 Å². The molecule has 0 unspecified atom stereocenters. The Hall–Kier alpha value is -1.68. The quantitative estimate of drug-likeness (QED) is 0.803. The Morgan fingerprint density at radius 1 is 1.18 bits per heavy atom. The summed E-state index contributed by atoms with van der Waals surface area (Å²) in [5.41, 5.74) is 3.31. The summed E-state index contributed by atoms with van der Waals surface area (Å²) in [6.45, 7) is 3.92. The molecule has 0 spiro atoms. The second kappa shape index (κ2) is 5.10. The third kappa shape index (κ3) is 3.14. The molecule has 2 aromatic rings. The van der Waals surface area contributed by atoms with Crippen molar-refractivity contribution in [2.24, 2.45) is 0 Å². The van der Waals surface area contributed by atoms with E-state index in [0.29, 0.717) is 0 Å². The Morgan fingerprint density at radius 3 is 2.53 bits per heavy atom. The summed E-state index contributed by atoms with van der Waals surface area (Å²) in [5.74, 6) is 0. The molecule has 0 aliphatic carbocycles. The van der Waals surface area contributed by atoms with Gasteiger partial charge in [-0.25, -0.2) is 0 Å². The molecule has 0 aliphatic rings. The molecule has 4 nitrogen and oxygen atoms in total. The van der Waals surface area contributed by atoms with E-state index in [2.05, 4.69) is 60.5 Å². The Kier molecular flexibility index (Phi) is 3.54. The van der Waals surface area contributed by atoms with E-state index in [9.17, 15) is 0 Å². The van der Waals surface area contributed by atoms with Gasteiger partial charge in [0, 0.05) is 12.1 Å². The van der Waals surface area contributed by atoms with Crippen LogP contribution in [0.3, 0.4) is 0 Å². The average molecular weight is 230 g/mol. The van der Waals surface area contributed by atoms with Gasteiger partial charge in [-0.3, -0.25) is 4.68 Å². The molecule has 90 valence electrons. The summed E-state index contributed by atoms with van der Waals surface area (Å²) in [4.78, 5) is 2.13. The Bertz CT molecular complexity index is 470. The lowest BCUT2D eigenvalue weighted by molar-refractivity contribution is 0.370. The molecule has 2 rings (SSSR count). The van der Waals surface area contributed by atoms with E-state index in [0.717, 1.165) is 24.3 Å². The summed E-state index contributed by atoms with van der Waals surface area (Å²) in [5, 5.41) is 8.32. The average Bonchev–Trinajstić information content (AvgIpc) is 2.76. The zero-order valence-electron chi connectivity index (χ0n) is 10.6. The van der Waals surface area contributed by atoms with Gasteiger partial charge in [-0.05, 0) is 21.0 Å². The van der Waals surface area contributed by atoms with Crippen LogP contribution >= 0.6 is 0 Å². The molecule has 0 atom stereocenters. The molecular formula is C13H18N4. The second-order valence-electron chi connectivity index (χ2n) is 4.54. The zero-order chi connectivity index (χ0) is 12.3. The normalized spacial score (nSPS) is 11.1. The summed E-state index contributed by atoms with van der Waals surface area (Å²) < 4.78 is 1.88. The van der Waals surface area contributed by atoms with E-state index < -0.39 is 0 Å². The summed E-state index contributed by atoms with van der Waals surface area (Å²) >= 11 is 0. The molecule has 17 heavy (non-hydrogen) atoms. The summed E-state index contributed by atoms with van der Waals surface area (Å²) in [6, 6.07) is 8.34. The maximum absolute atomic E-state index is 4.19. The number of rotatable bonds is 4. The number of hydrogen-bond acceptors (Lipinski definition) is 3. The van der Waals surface area contributed by atoms with Crippen LogP contribution in [-0.2, 0) is 6.54 Å². The standard InChI is InChI=1S/C13H18N4/c1-11-4-6-12(7-5-11)13-10-17(15-14-13)9-8-16(2)3/h4-7,10H,8-9H2,1-3H3. The maximum atomic E-state index is 4.19. The molecule has 1 heterocycles. The SMILES string of the molecule is Cc1ccc(-c2cn(CCN(C)C)nn2)cc1. The minimum atomic E-state index is 0.867. The first-order valence-electron chi connectivity index (χ1n) is 5.77. The third-order valence-corrected chi connectivity index (χ3v) is 2.66. The summed E-state index contributed by atoms with van der Waals surface area (Å²) in [7, 11) is 4.11. The molecule has 0 bridgehead atoms. The van der Waals surface area contributed by atoms with Crippen molar-refractivity contribution in [1.29, 1.82) is 0 Å². The minimum Gasteiger partial charge on any atom is -0.308 e. The van der Waals surface area contributed by atoms with Gasteiger partial charge in [0.2, 0.25) is 0 Å². The number of nitrogens with zero attached hydrogens (tertiary/aromatic N) is 4. The van der Waals surface area contributed by atoms with Gasteiger partial charge < -0.3 is 4.90 Å². The van der Waals surface area contributed by atoms with Crippen molar-refractivity contribution in [3.05, 3.63) is 36.0 Å². The first kappa shape index (κ1) is 11.8. The van der Waals surface area contributed by atoms with Crippen LogP contribution in [0.4, 0.5) is 0 Å². The van der Waals surface area contributed by atoms with Gasteiger partial charge in [0.1, 0.15) is 5.69 Å². The predicted molar refractivity (Wildman–Crippen MR) is 68.7 cm³/mol. The smallest absolute Gasteiger partial charge is 0.113 e. The van der Waals surface area contributed by atoms with E-state index in [1.807, 2.05) is 10.9 Å². The zero-order valence-corrected chi connectivity index (χ0v) is 10.6. The highest BCUT2D eigenvalue weighted by Gasteiger charge is 2.03. The van der Waals surface area contributed by atoms with Crippen LogP contribution in [0.15, 0.2) is 30.5 Å². The highest BCUT2D eigenvalue weighted by Crippen LogP contribution is 2.16. The van der Waals surface area contributed by atoms with E-state index in [-0.39, 0.29) is 0 Å². The van der Waals surface area contributed by atoms with Crippen molar-refractivity contribution in [3.63, 3.8) is 0 Å². The molecule has 0 aliphatic heterocycles. The molecule has 1 aromatic heterocycles. The lowest BCUT2D eigenvalue weighted by Crippen LogP contribution is -2.18. The molecule has 0 saturated carbocycles. The van der Waals surface area contributed by atoms with E-state index in [1.54, 1.807) is 0 Å². The number of aromatic nitrogens is 3. The summed E-state index contributed by atoms with van der Waals surface area (Å²) in [6.07, 6.45) is 1.99. The van der Waals surface area contributed by atoms with Crippen molar-refractivity contribution in [3.8, 4) is 11.3 Å². The third-order valence-electron chi connectivity index (χ3n) is 2.66. The monoisotopic (exact) mass is 230 g/mol. The molecule has 1 aromatic carbocycles. The van der Waals surface area contributed by atoms with E-state index in [1.165, 1.54) is 5.56 Å². The number of likely N-dealkylation sites (N-methyl/N-ethyl adjacent to an activating group) is 1. The fraction of sp³-hybridized carbons (Fsp3) is 0.385. The lowest BCUT2D eigenvalue weighted by Gasteiger charge is -2.07. The topological polar surface area (TPSA) is 34.0 Å². The van der Waals surface area contributed by atoms with Crippen molar-refractivity contribution >= 4 is 0 Å². The van der Waals surface area contributed by atoms with Gasteiger partial charge in [-0.2, -0.15) is 0 Å². The Balaban J connectivity index is 2.10. The van der Waals surface area contributed by atoms with Crippen molar-refractivity contribution in [2.45, 2.75) is 13.5 Å². The molecule has 0 fully saturated rings. The van der Waals surface area contributed by atoms with Crippen LogP contribution in [0.2, 0.25) is 0 Å². The molecule has 4 heteroatoms. The maximum Gasteiger partial charge on any atom is 0.113 e. The van der Waals surface area contributed by atoms with Gasteiger partial charge >= 0.3 is 0 Å². The molecule has 0 radical (unpaired) electrons. The number of benzene rings is 1.